The summed E-state index contributed by atoms with van der Waals surface area (Å²) in [6, 6.07) is 16.5. The Morgan fingerprint density at radius 2 is 1.63 bits per heavy atom. The molecule has 7 heteroatoms. The molecule has 0 aliphatic carbocycles. The summed E-state index contributed by atoms with van der Waals surface area (Å²) in [6.45, 7) is 0.896. The Hall–Kier alpha value is -1.89. The minimum absolute atomic E-state index is 0.00781. The molecule has 2 unspecified atom stereocenters. The van der Waals surface area contributed by atoms with E-state index in [1.165, 1.54) is 5.56 Å². The summed E-state index contributed by atoms with van der Waals surface area (Å²) in [5.41, 5.74) is 1.89. The minimum Gasteiger partial charge on any atom is -0.306 e. The van der Waals surface area contributed by atoms with Crippen molar-refractivity contribution in [2.45, 2.75) is 18.5 Å². The van der Waals surface area contributed by atoms with E-state index in [4.69, 9.17) is 11.6 Å². The highest BCUT2D eigenvalue weighted by Crippen LogP contribution is 2.32. The molecule has 27 heavy (non-hydrogen) atoms. The van der Waals surface area contributed by atoms with Crippen LogP contribution in [0.1, 0.15) is 5.56 Å². The van der Waals surface area contributed by atoms with Crippen LogP contribution in [0.2, 0.25) is 5.02 Å². The maximum atomic E-state index is 12.9. The molecule has 2 aromatic rings. The van der Waals surface area contributed by atoms with E-state index in [0.29, 0.717) is 17.3 Å². The number of piperazine rings is 1. The molecule has 0 spiro atoms. The summed E-state index contributed by atoms with van der Waals surface area (Å²) in [6.07, 6.45) is 0.790. The van der Waals surface area contributed by atoms with E-state index < -0.39 is 9.84 Å². The Balaban J connectivity index is 1.59. The maximum Gasteiger partial charge on any atom is 0.241 e. The summed E-state index contributed by atoms with van der Waals surface area (Å²) in [7, 11) is -3.18. The molecule has 2 atom stereocenters. The Kier molecular flexibility index (Phi) is 4.97. The Morgan fingerprint density at radius 1 is 0.963 bits per heavy atom. The first kappa shape index (κ1) is 18.5. The zero-order chi connectivity index (χ0) is 19.0. The molecule has 0 bridgehead atoms. The van der Waals surface area contributed by atoms with E-state index in [2.05, 4.69) is 12.1 Å². The molecule has 2 aliphatic heterocycles. The van der Waals surface area contributed by atoms with Gasteiger partial charge >= 0.3 is 0 Å². The number of benzene rings is 2. The van der Waals surface area contributed by atoms with Crippen molar-refractivity contribution in [3.8, 4) is 0 Å². The summed E-state index contributed by atoms with van der Waals surface area (Å²) >= 11 is 5.96. The molecular weight excluding hydrogens is 384 g/mol. The first-order valence-corrected chi connectivity index (χ1v) is 11.2. The fourth-order valence-corrected chi connectivity index (χ4v) is 6.16. The largest absolute Gasteiger partial charge is 0.306 e. The fourth-order valence-electron chi connectivity index (χ4n) is 4.06. The SMILES string of the molecule is O=C1CN(CCc2ccccc2)C2CS(=O)(=O)CC2N1c1ccc(Cl)cc1. The van der Waals surface area contributed by atoms with E-state index in [0.717, 1.165) is 6.42 Å². The summed E-state index contributed by atoms with van der Waals surface area (Å²) in [5.74, 6) is 0.0428. The Bertz CT molecular complexity index is 931. The number of hydrogen-bond donors (Lipinski definition) is 0. The van der Waals surface area contributed by atoms with E-state index >= 15 is 0 Å². The first-order valence-electron chi connectivity index (χ1n) is 8.99. The van der Waals surface area contributed by atoms with Crippen molar-refractivity contribution in [3.63, 3.8) is 0 Å². The minimum atomic E-state index is -3.18. The van der Waals surface area contributed by atoms with Crippen molar-refractivity contribution in [3.05, 3.63) is 65.2 Å². The third kappa shape index (κ3) is 3.88. The fraction of sp³-hybridized carbons (Fsp3) is 0.350. The number of sulfone groups is 1. The molecule has 1 amide bonds. The lowest BCUT2D eigenvalue weighted by Gasteiger charge is -2.43. The lowest BCUT2D eigenvalue weighted by atomic mass is 10.0. The van der Waals surface area contributed by atoms with Gasteiger partial charge in [-0.25, -0.2) is 8.42 Å². The molecule has 0 N–H and O–H groups in total. The van der Waals surface area contributed by atoms with Gasteiger partial charge < -0.3 is 4.90 Å². The average Bonchev–Trinajstić information content (AvgIpc) is 2.97. The van der Waals surface area contributed by atoms with Crippen molar-refractivity contribution >= 4 is 33.0 Å². The van der Waals surface area contributed by atoms with Gasteiger partial charge in [0, 0.05) is 23.3 Å². The normalized spacial score (nSPS) is 24.8. The monoisotopic (exact) mass is 404 g/mol. The van der Waals surface area contributed by atoms with Crippen molar-refractivity contribution in [2.24, 2.45) is 0 Å². The highest BCUT2D eigenvalue weighted by molar-refractivity contribution is 7.91. The molecule has 2 fully saturated rings. The van der Waals surface area contributed by atoms with Gasteiger partial charge in [-0.3, -0.25) is 9.69 Å². The number of rotatable bonds is 4. The van der Waals surface area contributed by atoms with E-state index in [1.54, 1.807) is 29.2 Å². The van der Waals surface area contributed by atoms with Crippen LogP contribution < -0.4 is 4.90 Å². The van der Waals surface area contributed by atoms with Crippen molar-refractivity contribution in [1.29, 1.82) is 0 Å². The van der Waals surface area contributed by atoms with Gasteiger partial charge in [-0.2, -0.15) is 0 Å². The summed E-state index contributed by atoms with van der Waals surface area (Å²) < 4.78 is 24.7. The molecule has 142 valence electrons. The van der Waals surface area contributed by atoms with Crippen LogP contribution in [0.15, 0.2) is 54.6 Å². The molecule has 0 saturated carbocycles. The highest BCUT2D eigenvalue weighted by Gasteiger charge is 2.49. The number of carbonyl (C=O) groups excluding carboxylic acids is 1. The molecule has 2 aromatic carbocycles. The molecule has 2 aliphatic rings. The van der Waals surface area contributed by atoms with Crippen LogP contribution in [0, 0.1) is 0 Å². The third-order valence-electron chi connectivity index (χ3n) is 5.34. The smallest absolute Gasteiger partial charge is 0.241 e. The molecule has 2 saturated heterocycles. The van der Waals surface area contributed by atoms with E-state index in [-0.39, 0.29) is 36.0 Å². The number of amides is 1. The van der Waals surface area contributed by atoms with E-state index in [1.807, 2.05) is 23.1 Å². The number of anilines is 1. The number of hydrogen-bond acceptors (Lipinski definition) is 4. The van der Waals surface area contributed by atoms with Gasteiger partial charge in [0.2, 0.25) is 5.91 Å². The standard InChI is InChI=1S/C20H21ClN2O3S/c21-16-6-8-17(9-7-16)23-19-14-27(25,26)13-18(19)22(12-20(23)24)11-10-15-4-2-1-3-5-15/h1-9,18-19H,10-14H2. The quantitative estimate of drug-likeness (QED) is 0.785. The summed E-state index contributed by atoms with van der Waals surface area (Å²) in [5, 5.41) is 0.586. The predicted octanol–water partition coefficient (Wildman–Crippen LogP) is 2.40. The van der Waals surface area contributed by atoms with Crippen molar-refractivity contribution < 1.29 is 13.2 Å². The second-order valence-corrected chi connectivity index (χ2v) is 9.75. The predicted molar refractivity (Wildman–Crippen MR) is 107 cm³/mol. The highest BCUT2D eigenvalue weighted by atomic mass is 35.5. The van der Waals surface area contributed by atoms with Crippen LogP contribution in [0.5, 0.6) is 0 Å². The number of halogens is 1. The van der Waals surface area contributed by atoms with Gasteiger partial charge in [-0.1, -0.05) is 41.9 Å². The number of fused-ring (bicyclic) bond motifs is 1. The zero-order valence-electron chi connectivity index (χ0n) is 14.8. The molecule has 4 rings (SSSR count). The average molecular weight is 405 g/mol. The Labute approximate surface area is 164 Å². The second kappa shape index (κ2) is 7.26. The lowest BCUT2D eigenvalue weighted by molar-refractivity contribution is -0.123. The van der Waals surface area contributed by atoms with Gasteiger partial charge in [0.25, 0.3) is 0 Å². The van der Waals surface area contributed by atoms with Crippen molar-refractivity contribution in [2.75, 3.05) is 29.5 Å². The molecule has 0 radical (unpaired) electrons. The van der Waals surface area contributed by atoms with Crippen LogP contribution in [0.4, 0.5) is 5.69 Å². The topological polar surface area (TPSA) is 57.7 Å². The molecule has 0 aromatic heterocycles. The van der Waals surface area contributed by atoms with Gasteiger partial charge in [-0.15, -0.1) is 0 Å². The van der Waals surface area contributed by atoms with Crippen LogP contribution >= 0.6 is 11.6 Å². The Morgan fingerprint density at radius 3 is 2.33 bits per heavy atom. The first-order chi connectivity index (χ1) is 12.9. The molecule has 2 heterocycles. The zero-order valence-corrected chi connectivity index (χ0v) is 16.4. The molecule has 5 nitrogen and oxygen atoms in total. The summed E-state index contributed by atoms with van der Waals surface area (Å²) in [4.78, 5) is 16.6. The number of carbonyl (C=O) groups is 1. The van der Waals surface area contributed by atoms with Gasteiger partial charge in [0.05, 0.1) is 24.1 Å². The van der Waals surface area contributed by atoms with Gasteiger partial charge in [0.15, 0.2) is 9.84 Å². The van der Waals surface area contributed by atoms with Crippen LogP contribution in [0.25, 0.3) is 0 Å². The van der Waals surface area contributed by atoms with Crippen LogP contribution in [0.3, 0.4) is 0 Å². The molecular formula is C20H21ClN2O3S. The second-order valence-electron chi connectivity index (χ2n) is 7.16. The van der Waals surface area contributed by atoms with Gasteiger partial charge in [-0.05, 0) is 36.2 Å². The number of nitrogens with zero attached hydrogens (tertiary/aromatic N) is 2. The van der Waals surface area contributed by atoms with Gasteiger partial charge in [0.1, 0.15) is 0 Å². The van der Waals surface area contributed by atoms with E-state index in [9.17, 15) is 13.2 Å². The van der Waals surface area contributed by atoms with Crippen LogP contribution in [-0.2, 0) is 21.1 Å². The van der Waals surface area contributed by atoms with Crippen molar-refractivity contribution in [1.82, 2.24) is 4.90 Å². The maximum absolute atomic E-state index is 12.9. The third-order valence-corrected chi connectivity index (χ3v) is 7.29. The lowest BCUT2D eigenvalue weighted by Crippen LogP contribution is -2.62. The van der Waals surface area contributed by atoms with Crippen LogP contribution in [-0.4, -0.2) is 55.9 Å².